The molecule has 1 aromatic carbocycles. The average molecular weight is 184 g/mol. The molecular formula is C10H10F2O. The fourth-order valence-electron chi connectivity index (χ4n) is 1.07. The molecule has 0 saturated heterocycles. The van der Waals surface area contributed by atoms with Crippen molar-refractivity contribution in [3.63, 3.8) is 0 Å². The summed E-state index contributed by atoms with van der Waals surface area (Å²) >= 11 is 0. The van der Waals surface area contributed by atoms with Gasteiger partial charge in [-0.25, -0.2) is 0 Å². The molecule has 0 aliphatic rings. The van der Waals surface area contributed by atoms with Crippen LogP contribution in [0.3, 0.4) is 0 Å². The topological polar surface area (TPSA) is 9.23 Å². The zero-order chi connectivity index (χ0) is 9.84. The molecule has 3 heteroatoms. The Kier molecular flexibility index (Phi) is 3.01. The van der Waals surface area contributed by atoms with Gasteiger partial charge in [0.2, 0.25) is 0 Å². The van der Waals surface area contributed by atoms with E-state index in [0.717, 1.165) is 11.1 Å². The van der Waals surface area contributed by atoms with Crippen LogP contribution >= 0.6 is 0 Å². The maximum absolute atomic E-state index is 11.8. The van der Waals surface area contributed by atoms with E-state index in [9.17, 15) is 8.78 Å². The number of aryl methyl sites for hydroxylation is 1. The average Bonchev–Trinajstić information content (AvgIpc) is 2.01. The fraction of sp³-hybridized carbons (Fsp3) is 0.200. The highest BCUT2D eigenvalue weighted by Crippen LogP contribution is 2.19. The molecule has 0 radical (unpaired) electrons. The second kappa shape index (κ2) is 4.03. The molecule has 0 N–H and O–H groups in total. The first-order valence-corrected chi connectivity index (χ1v) is 3.81. The Bertz CT molecular complexity index is 308. The summed E-state index contributed by atoms with van der Waals surface area (Å²) < 4.78 is 27.9. The summed E-state index contributed by atoms with van der Waals surface area (Å²) in [6, 6.07) is 4.91. The van der Waals surface area contributed by atoms with Crippen LogP contribution in [0, 0.1) is 6.92 Å². The summed E-state index contributed by atoms with van der Waals surface area (Å²) in [6.45, 7) is 2.58. The zero-order valence-corrected chi connectivity index (χ0v) is 7.26. The van der Waals surface area contributed by atoms with Crippen LogP contribution in [0.2, 0.25) is 0 Å². The largest absolute Gasteiger partial charge is 0.435 e. The van der Waals surface area contributed by atoms with E-state index in [-0.39, 0.29) is 5.75 Å². The number of ether oxygens (including phenoxy) is 1. The zero-order valence-electron chi connectivity index (χ0n) is 7.26. The van der Waals surface area contributed by atoms with Crippen molar-refractivity contribution in [3.8, 4) is 5.75 Å². The van der Waals surface area contributed by atoms with Crippen LogP contribution in [0.15, 0.2) is 24.8 Å². The van der Waals surface area contributed by atoms with E-state index in [1.807, 2.05) is 13.0 Å². The molecule has 0 bridgehead atoms. The summed E-state index contributed by atoms with van der Waals surface area (Å²) in [6.07, 6.45) is 1.59. The molecule has 0 fully saturated rings. The van der Waals surface area contributed by atoms with Crippen LogP contribution in [-0.2, 0) is 0 Å². The number of hydrogen-bond acceptors (Lipinski definition) is 1. The lowest BCUT2D eigenvalue weighted by atomic mass is 10.1. The highest BCUT2D eigenvalue weighted by Gasteiger charge is 2.04. The van der Waals surface area contributed by atoms with Gasteiger partial charge in [0.15, 0.2) is 0 Å². The lowest BCUT2D eigenvalue weighted by molar-refractivity contribution is -0.0498. The van der Waals surface area contributed by atoms with E-state index >= 15 is 0 Å². The van der Waals surface area contributed by atoms with E-state index in [2.05, 4.69) is 11.3 Å². The Hall–Kier alpha value is -1.38. The van der Waals surface area contributed by atoms with Gasteiger partial charge in [0, 0.05) is 0 Å². The van der Waals surface area contributed by atoms with E-state index in [1.54, 1.807) is 12.1 Å². The molecule has 0 aromatic heterocycles. The van der Waals surface area contributed by atoms with E-state index in [0.29, 0.717) is 0 Å². The maximum Gasteiger partial charge on any atom is 0.387 e. The molecule has 0 saturated carbocycles. The van der Waals surface area contributed by atoms with Gasteiger partial charge in [0.1, 0.15) is 5.75 Å². The predicted molar refractivity (Wildman–Crippen MR) is 47.9 cm³/mol. The van der Waals surface area contributed by atoms with Crippen LogP contribution in [0.25, 0.3) is 6.08 Å². The van der Waals surface area contributed by atoms with Gasteiger partial charge in [0.05, 0.1) is 0 Å². The first-order chi connectivity index (χ1) is 6.11. The van der Waals surface area contributed by atoms with Crippen LogP contribution in [0.4, 0.5) is 8.78 Å². The molecule has 0 atom stereocenters. The molecule has 0 amide bonds. The van der Waals surface area contributed by atoms with Crippen LogP contribution in [0.5, 0.6) is 5.75 Å². The minimum absolute atomic E-state index is 0.171. The molecule has 0 aliphatic heterocycles. The summed E-state index contributed by atoms with van der Waals surface area (Å²) in [4.78, 5) is 0. The highest BCUT2D eigenvalue weighted by molar-refractivity contribution is 5.51. The first-order valence-electron chi connectivity index (χ1n) is 3.81. The van der Waals surface area contributed by atoms with Gasteiger partial charge in [-0.1, -0.05) is 18.7 Å². The summed E-state index contributed by atoms with van der Waals surface area (Å²) in [5.41, 5.74) is 1.64. The quantitative estimate of drug-likeness (QED) is 0.700. The Labute approximate surface area is 75.6 Å². The Morgan fingerprint density at radius 1 is 1.38 bits per heavy atom. The molecule has 0 spiro atoms. The second-order valence-electron chi connectivity index (χ2n) is 2.66. The number of alkyl halides is 2. The van der Waals surface area contributed by atoms with E-state index in [4.69, 9.17) is 0 Å². The standard InChI is InChI=1S/C10H10F2O/c1-3-8-4-7(2)5-9(6-8)13-10(11)12/h3-6,10H,1H2,2H3. The van der Waals surface area contributed by atoms with Crippen LogP contribution in [0.1, 0.15) is 11.1 Å². The third-order valence-electron chi connectivity index (χ3n) is 1.53. The Morgan fingerprint density at radius 2 is 2.08 bits per heavy atom. The fourth-order valence-corrected chi connectivity index (χ4v) is 1.07. The van der Waals surface area contributed by atoms with Crippen molar-refractivity contribution in [2.24, 2.45) is 0 Å². The minimum Gasteiger partial charge on any atom is -0.435 e. The summed E-state index contributed by atoms with van der Waals surface area (Å²) in [5.74, 6) is 0.171. The molecule has 1 nitrogen and oxygen atoms in total. The molecule has 1 aromatic rings. The monoisotopic (exact) mass is 184 g/mol. The van der Waals surface area contributed by atoms with Gasteiger partial charge in [0.25, 0.3) is 0 Å². The van der Waals surface area contributed by atoms with Gasteiger partial charge >= 0.3 is 6.61 Å². The third kappa shape index (κ3) is 2.86. The van der Waals surface area contributed by atoms with Gasteiger partial charge in [-0.2, -0.15) is 8.78 Å². The number of rotatable bonds is 3. The van der Waals surface area contributed by atoms with Crippen LogP contribution in [-0.4, -0.2) is 6.61 Å². The van der Waals surface area contributed by atoms with Crippen molar-refractivity contribution in [2.45, 2.75) is 13.5 Å². The SMILES string of the molecule is C=Cc1cc(C)cc(OC(F)F)c1. The second-order valence-corrected chi connectivity index (χ2v) is 2.66. The van der Waals surface area contributed by atoms with Crippen molar-refractivity contribution in [1.82, 2.24) is 0 Å². The van der Waals surface area contributed by atoms with E-state index < -0.39 is 6.61 Å². The number of benzene rings is 1. The lowest BCUT2D eigenvalue weighted by Crippen LogP contribution is -2.02. The van der Waals surface area contributed by atoms with Gasteiger partial charge in [-0.3, -0.25) is 0 Å². The van der Waals surface area contributed by atoms with Gasteiger partial charge in [-0.05, 0) is 30.2 Å². The molecule has 0 aliphatic carbocycles. The molecule has 0 unspecified atom stereocenters. The summed E-state index contributed by atoms with van der Waals surface area (Å²) in [7, 11) is 0. The maximum atomic E-state index is 11.8. The molecule has 70 valence electrons. The highest BCUT2D eigenvalue weighted by atomic mass is 19.3. The van der Waals surface area contributed by atoms with Gasteiger partial charge < -0.3 is 4.74 Å². The first kappa shape index (κ1) is 9.71. The Balaban J connectivity index is 2.94. The van der Waals surface area contributed by atoms with Gasteiger partial charge in [-0.15, -0.1) is 0 Å². The smallest absolute Gasteiger partial charge is 0.387 e. The van der Waals surface area contributed by atoms with Crippen molar-refractivity contribution >= 4 is 6.08 Å². The third-order valence-corrected chi connectivity index (χ3v) is 1.53. The lowest BCUT2D eigenvalue weighted by Gasteiger charge is -2.06. The van der Waals surface area contributed by atoms with Crippen LogP contribution < -0.4 is 4.74 Å². The predicted octanol–water partition coefficient (Wildman–Crippen LogP) is 3.24. The molecular weight excluding hydrogens is 174 g/mol. The summed E-state index contributed by atoms with van der Waals surface area (Å²) in [5, 5.41) is 0. The van der Waals surface area contributed by atoms with Crippen molar-refractivity contribution in [1.29, 1.82) is 0 Å². The van der Waals surface area contributed by atoms with Crippen molar-refractivity contribution in [3.05, 3.63) is 35.9 Å². The molecule has 1 rings (SSSR count). The Morgan fingerprint density at radius 3 is 2.62 bits per heavy atom. The minimum atomic E-state index is -2.78. The van der Waals surface area contributed by atoms with Crippen molar-refractivity contribution in [2.75, 3.05) is 0 Å². The molecule has 0 heterocycles. The van der Waals surface area contributed by atoms with Crippen molar-refractivity contribution < 1.29 is 13.5 Å². The normalized spacial score (nSPS) is 10.2. The van der Waals surface area contributed by atoms with E-state index in [1.165, 1.54) is 6.07 Å². The number of hydrogen-bond donors (Lipinski definition) is 0. The number of halogens is 2. The molecule has 13 heavy (non-hydrogen) atoms.